The van der Waals surface area contributed by atoms with Crippen molar-refractivity contribution in [2.24, 2.45) is 5.92 Å². The number of hydrogen-bond donors (Lipinski definition) is 0. The first-order valence-electron chi connectivity index (χ1n) is 4.74. The van der Waals surface area contributed by atoms with E-state index >= 15 is 0 Å². The summed E-state index contributed by atoms with van der Waals surface area (Å²) in [5.74, 6) is 0.890. The molecule has 2 rings (SSSR count). The van der Waals surface area contributed by atoms with Gasteiger partial charge in [0.05, 0.1) is 6.04 Å². The average Bonchev–Trinajstić information content (AvgIpc) is 2.35. The number of fused-ring (bicyclic) bond motifs is 2. The van der Waals surface area contributed by atoms with Crippen molar-refractivity contribution < 1.29 is 4.39 Å². The molecule has 12 heavy (non-hydrogen) atoms. The fourth-order valence-electron chi connectivity index (χ4n) is 2.44. The highest BCUT2D eigenvalue weighted by Gasteiger charge is 2.35. The molecular weight excluding hydrogens is 153 g/mol. The Morgan fingerprint density at radius 3 is 3.00 bits per heavy atom. The van der Waals surface area contributed by atoms with E-state index in [-0.39, 0.29) is 11.9 Å². The summed E-state index contributed by atoms with van der Waals surface area (Å²) in [6.45, 7) is 3.02. The van der Waals surface area contributed by atoms with Crippen molar-refractivity contribution in [2.45, 2.75) is 32.2 Å². The SMILES string of the molecule is CC1=C(F)[C@@H]2CC(CC1)CN2C. The van der Waals surface area contributed by atoms with Crippen molar-refractivity contribution in [3.63, 3.8) is 0 Å². The molecule has 2 heteroatoms. The Labute approximate surface area is 73.2 Å². The number of hydrogen-bond acceptors (Lipinski definition) is 1. The van der Waals surface area contributed by atoms with Crippen LogP contribution in [0, 0.1) is 5.92 Å². The van der Waals surface area contributed by atoms with E-state index in [1.807, 2.05) is 14.0 Å². The highest BCUT2D eigenvalue weighted by molar-refractivity contribution is 5.16. The van der Waals surface area contributed by atoms with Crippen molar-refractivity contribution in [3.05, 3.63) is 11.4 Å². The molecule has 0 aromatic carbocycles. The smallest absolute Gasteiger partial charge is 0.116 e. The molecule has 1 heterocycles. The molecule has 0 radical (unpaired) electrons. The van der Waals surface area contributed by atoms with Gasteiger partial charge in [-0.2, -0.15) is 0 Å². The lowest BCUT2D eigenvalue weighted by Crippen LogP contribution is -2.26. The van der Waals surface area contributed by atoms with Gasteiger partial charge in [-0.25, -0.2) is 4.39 Å². The second-order valence-corrected chi connectivity index (χ2v) is 4.22. The molecule has 1 aliphatic carbocycles. The largest absolute Gasteiger partial charge is 0.297 e. The van der Waals surface area contributed by atoms with Gasteiger partial charge in [0.25, 0.3) is 0 Å². The third kappa shape index (κ3) is 1.18. The molecular formula is C10H16FN. The van der Waals surface area contributed by atoms with Crippen LogP contribution in [0.3, 0.4) is 0 Å². The van der Waals surface area contributed by atoms with Crippen LogP contribution >= 0.6 is 0 Å². The number of likely N-dealkylation sites (tertiary alicyclic amines) is 1. The maximum absolute atomic E-state index is 13.6. The predicted molar refractivity (Wildman–Crippen MR) is 47.6 cm³/mol. The van der Waals surface area contributed by atoms with Crippen LogP contribution in [0.15, 0.2) is 11.4 Å². The minimum Gasteiger partial charge on any atom is -0.297 e. The van der Waals surface area contributed by atoms with E-state index in [4.69, 9.17) is 0 Å². The lowest BCUT2D eigenvalue weighted by molar-refractivity contribution is 0.295. The second kappa shape index (κ2) is 2.84. The van der Waals surface area contributed by atoms with Crippen LogP contribution in [0.25, 0.3) is 0 Å². The third-order valence-corrected chi connectivity index (χ3v) is 3.26. The maximum Gasteiger partial charge on any atom is 0.116 e. The Morgan fingerprint density at radius 1 is 1.50 bits per heavy atom. The quantitative estimate of drug-likeness (QED) is 0.538. The van der Waals surface area contributed by atoms with Crippen LogP contribution in [0.1, 0.15) is 26.2 Å². The molecule has 0 amide bonds. The van der Waals surface area contributed by atoms with Crippen LogP contribution in [0.4, 0.5) is 4.39 Å². The summed E-state index contributed by atoms with van der Waals surface area (Å²) in [6.07, 6.45) is 3.20. The average molecular weight is 169 g/mol. The molecule has 2 bridgehead atoms. The summed E-state index contributed by atoms with van der Waals surface area (Å²) < 4.78 is 13.6. The summed E-state index contributed by atoms with van der Waals surface area (Å²) in [5.41, 5.74) is 0.981. The lowest BCUT2D eigenvalue weighted by atomic mass is 10.0. The standard InChI is InChI=1S/C10H16FN/c1-7-3-4-8-5-9(10(7)11)12(2)6-8/h8-9H,3-6H2,1-2H3/t8?,9-/m0/s1. The van der Waals surface area contributed by atoms with Gasteiger partial charge < -0.3 is 0 Å². The third-order valence-electron chi connectivity index (χ3n) is 3.26. The Hall–Kier alpha value is -0.370. The molecule has 1 saturated heterocycles. The second-order valence-electron chi connectivity index (χ2n) is 4.22. The first-order valence-corrected chi connectivity index (χ1v) is 4.74. The fraction of sp³-hybridized carbons (Fsp3) is 0.800. The molecule has 0 aromatic heterocycles. The molecule has 0 spiro atoms. The van der Waals surface area contributed by atoms with Crippen LogP contribution in [-0.4, -0.2) is 24.5 Å². The normalized spacial score (nSPS) is 37.2. The molecule has 2 atom stereocenters. The van der Waals surface area contributed by atoms with Crippen molar-refractivity contribution >= 4 is 0 Å². The van der Waals surface area contributed by atoms with Gasteiger partial charge in [-0.1, -0.05) is 0 Å². The molecule has 1 unspecified atom stereocenters. The van der Waals surface area contributed by atoms with Crippen LogP contribution in [-0.2, 0) is 0 Å². The topological polar surface area (TPSA) is 3.24 Å². The van der Waals surface area contributed by atoms with Crippen molar-refractivity contribution in [2.75, 3.05) is 13.6 Å². The summed E-state index contributed by atoms with van der Waals surface area (Å²) in [6, 6.07) is 0.109. The molecule has 68 valence electrons. The van der Waals surface area contributed by atoms with Crippen molar-refractivity contribution in [3.8, 4) is 0 Å². The zero-order valence-corrected chi connectivity index (χ0v) is 7.81. The number of nitrogens with zero attached hydrogens (tertiary/aromatic N) is 1. The monoisotopic (exact) mass is 169 g/mol. The van der Waals surface area contributed by atoms with Crippen LogP contribution in [0.5, 0.6) is 0 Å². The minimum atomic E-state index is 0.109. The van der Waals surface area contributed by atoms with Gasteiger partial charge in [-0.15, -0.1) is 0 Å². The van der Waals surface area contributed by atoms with E-state index in [2.05, 4.69) is 4.90 Å². The zero-order valence-electron chi connectivity index (χ0n) is 7.81. The number of allylic oxidation sites excluding steroid dienone is 1. The van der Waals surface area contributed by atoms with Gasteiger partial charge in [-0.3, -0.25) is 4.90 Å². The zero-order chi connectivity index (χ0) is 8.72. The summed E-state index contributed by atoms with van der Waals surface area (Å²) in [7, 11) is 2.03. The van der Waals surface area contributed by atoms with E-state index < -0.39 is 0 Å². The van der Waals surface area contributed by atoms with Gasteiger partial charge in [0.2, 0.25) is 0 Å². The van der Waals surface area contributed by atoms with Crippen LogP contribution < -0.4 is 0 Å². The number of likely N-dealkylation sites (N-methyl/N-ethyl adjacent to an activating group) is 1. The van der Waals surface area contributed by atoms with Crippen molar-refractivity contribution in [1.29, 1.82) is 0 Å². The van der Waals surface area contributed by atoms with E-state index in [9.17, 15) is 4.39 Å². The fourth-order valence-corrected chi connectivity index (χ4v) is 2.44. The molecule has 2 aliphatic rings. The van der Waals surface area contributed by atoms with E-state index in [1.165, 1.54) is 6.42 Å². The summed E-state index contributed by atoms with van der Waals surface area (Å²) in [5, 5.41) is 0. The number of halogens is 1. The van der Waals surface area contributed by atoms with Crippen molar-refractivity contribution in [1.82, 2.24) is 4.90 Å². The van der Waals surface area contributed by atoms with Crippen LogP contribution in [0.2, 0.25) is 0 Å². The maximum atomic E-state index is 13.6. The Morgan fingerprint density at radius 2 is 2.25 bits per heavy atom. The van der Waals surface area contributed by atoms with Gasteiger partial charge in [0.1, 0.15) is 5.83 Å². The molecule has 1 aliphatic heterocycles. The van der Waals surface area contributed by atoms with E-state index in [1.54, 1.807) is 0 Å². The Balaban J connectivity index is 2.27. The lowest BCUT2D eigenvalue weighted by Gasteiger charge is -2.20. The molecule has 1 nitrogen and oxygen atoms in total. The van der Waals surface area contributed by atoms with Gasteiger partial charge in [0.15, 0.2) is 0 Å². The minimum absolute atomic E-state index is 0.109. The molecule has 1 fully saturated rings. The first kappa shape index (κ1) is 8.24. The first-order chi connectivity index (χ1) is 5.68. The number of rotatable bonds is 0. The summed E-state index contributed by atoms with van der Waals surface area (Å²) >= 11 is 0. The molecule has 0 N–H and O–H groups in total. The predicted octanol–water partition coefficient (Wildman–Crippen LogP) is 2.34. The van der Waals surface area contributed by atoms with E-state index in [0.29, 0.717) is 0 Å². The summed E-state index contributed by atoms with van der Waals surface area (Å²) in [4.78, 5) is 2.16. The Kier molecular flexibility index (Phi) is 1.95. The Bertz CT molecular complexity index is 222. The van der Waals surface area contributed by atoms with E-state index in [0.717, 1.165) is 30.9 Å². The van der Waals surface area contributed by atoms with Gasteiger partial charge >= 0.3 is 0 Å². The highest BCUT2D eigenvalue weighted by Crippen LogP contribution is 2.36. The molecule has 0 saturated carbocycles. The van der Waals surface area contributed by atoms with Gasteiger partial charge in [-0.05, 0) is 44.7 Å². The van der Waals surface area contributed by atoms with Gasteiger partial charge in [0, 0.05) is 6.54 Å². The highest BCUT2D eigenvalue weighted by atomic mass is 19.1. The molecule has 0 aromatic rings.